The van der Waals surface area contributed by atoms with Crippen molar-refractivity contribution in [1.82, 2.24) is 14.5 Å². The SMILES string of the molecule is O=S(=O)(c1cccc(F)c1)c1cn(CC2CCCN2Cc2ccccc2)c2ncccc12. The molecule has 2 aromatic carbocycles. The Bertz CT molecular complexity index is 1350. The van der Waals surface area contributed by atoms with Gasteiger partial charge >= 0.3 is 0 Å². The molecule has 1 aliphatic heterocycles. The van der Waals surface area contributed by atoms with E-state index in [1.807, 2.05) is 22.8 Å². The van der Waals surface area contributed by atoms with Crippen LogP contribution in [-0.4, -0.2) is 35.5 Å². The fraction of sp³-hybridized carbons (Fsp3) is 0.240. The molecule has 1 unspecified atom stereocenters. The second-order valence-electron chi connectivity index (χ2n) is 8.23. The fourth-order valence-corrected chi connectivity index (χ4v) is 6.05. The minimum atomic E-state index is -3.88. The van der Waals surface area contributed by atoms with Gasteiger partial charge in [0.05, 0.1) is 9.79 Å². The zero-order valence-electron chi connectivity index (χ0n) is 17.6. The predicted molar refractivity (Wildman–Crippen MR) is 121 cm³/mol. The summed E-state index contributed by atoms with van der Waals surface area (Å²) in [5.41, 5.74) is 1.90. The zero-order valence-corrected chi connectivity index (χ0v) is 18.4. The van der Waals surface area contributed by atoms with Crippen LogP contribution in [0.25, 0.3) is 11.0 Å². The molecule has 0 aliphatic carbocycles. The standard InChI is InChI=1S/C25H24FN3O2S/c26-20-9-4-11-22(15-20)32(30,31)24-18-29(25-23(24)12-5-13-27-25)17-21-10-6-14-28(21)16-19-7-2-1-3-8-19/h1-5,7-9,11-13,15,18,21H,6,10,14,16-17H2. The lowest BCUT2D eigenvalue weighted by atomic mass is 10.2. The van der Waals surface area contributed by atoms with Gasteiger partial charge in [0.15, 0.2) is 0 Å². The fourth-order valence-electron chi connectivity index (χ4n) is 4.56. The molecule has 7 heteroatoms. The number of pyridine rings is 1. The molecule has 1 aliphatic rings. The van der Waals surface area contributed by atoms with Crippen molar-refractivity contribution in [2.45, 2.75) is 41.8 Å². The Kier molecular flexibility index (Phi) is 5.53. The van der Waals surface area contributed by atoms with E-state index in [9.17, 15) is 12.8 Å². The number of hydrogen-bond acceptors (Lipinski definition) is 4. The first-order valence-corrected chi connectivity index (χ1v) is 12.2. The lowest BCUT2D eigenvalue weighted by Gasteiger charge is -2.25. The monoisotopic (exact) mass is 449 g/mol. The smallest absolute Gasteiger partial charge is 0.208 e. The molecule has 1 saturated heterocycles. The largest absolute Gasteiger partial charge is 0.330 e. The van der Waals surface area contributed by atoms with E-state index in [-0.39, 0.29) is 15.8 Å². The van der Waals surface area contributed by atoms with E-state index in [0.717, 1.165) is 32.0 Å². The average molecular weight is 450 g/mol. The summed E-state index contributed by atoms with van der Waals surface area (Å²) < 4.78 is 42.4. The molecule has 0 radical (unpaired) electrons. The van der Waals surface area contributed by atoms with E-state index in [1.54, 1.807) is 24.5 Å². The van der Waals surface area contributed by atoms with E-state index in [2.05, 4.69) is 22.0 Å². The van der Waals surface area contributed by atoms with Crippen molar-refractivity contribution >= 4 is 20.9 Å². The van der Waals surface area contributed by atoms with Gasteiger partial charge in [0.25, 0.3) is 0 Å². The van der Waals surface area contributed by atoms with Crippen molar-refractivity contribution in [2.24, 2.45) is 0 Å². The van der Waals surface area contributed by atoms with Gasteiger partial charge in [-0.15, -0.1) is 0 Å². The molecule has 32 heavy (non-hydrogen) atoms. The van der Waals surface area contributed by atoms with Crippen LogP contribution in [0.4, 0.5) is 4.39 Å². The van der Waals surface area contributed by atoms with Gasteiger partial charge in [0, 0.05) is 36.9 Å². The van der Waals surface area contributed by atoms with Gasteiger partial charge in [0.2, 0.25) is 9.84 Å². The first-order chi connectivity index (χ1) is 15.5. The second kappa shape index (κ2) is 8.48. The van der Waals surface area contributed by atoms with Crippen LogP contribution < -0.4 is 0 Å². The number of sulfone groups is 1. The van der Waals surface area contributed by atoms with E-state index < -0.39 is 15.7 Å². The van der Waals surface area contributed by atoms with Crippen molar-refractivity contribution in [3.05, 3.63) is 90.5 Å². The Morgan fingerprint density at radius 2 is 1.88 bits per heavy atom. The van der Waals surface area contributed by atoms with Gasteiger partial charge in [-0.3, -0.25) is 4.90 Å². The molecule has 2 aromatic heterocycles. The maximum absolute atomic E-state index is 13.7. The van der Waals surface area contributed by atoms with Crippen molar-refractivity contribution in [1.29, 1.82) is 0 Å². The van der Waals surface area contributed by atoms with Crippen LogP contribution in [0, 0.1) is 5.82 Å². The second-order valence-corrected chi connectivity index (χ2v) is 10.2. The summed E-state index contributed by atoms with van der Waals surface area (Å²) in [6.07, 6.45) is 5.49. The highest BCUT2D eigenvalue weighted by atomic mass is 32.2. The van der Waals surface area contributed by atoms with Crippen LogP contribution in [0.15, 0.2) is 88.9 Å². The Morgan fingerprint density at radius 1 is 1.03 bits per heavy atom. The molecular weight excluding hydrogens is 425 g/mol. The Morgan fingerprint density at radius 3 is 2.69 bits per heavy atom. The Hall–Kier alpha value is -3.03. The minimum absolute atomic E-state index is 0.0491. The Balaban J connectivity index is 1.49. The summed E-state index contributed by atoms with van der Waals surface area (Å²) >= 11 is 0. The lowest BCUT2D eigenvalue weighted by molar-refractivity contribution is 0.225. The molecule has 164 valence electrons. The highest BCUT2D eigenvalue weighted by Crippen LogP contribution is 2.31. The van der Waals surface area contributed by atoms with Crippen molar-refractivity contribution in [2.75, 3.05) is 6.54 Å². The van der Waals surface area contributed by atoms with Gasteiger partial charge in [-0.2, -0.15) is 0 Å². The quantitative estimate of drug-likeness (QED) is 0.429. The molecular formula is C25H24FN3O2S. The summed E-state index contributed by atoms with van der Waals surface area (Å²) in [5, 5.41) is 0.560. The third-order valence-corrected chi connectivity index (χ3v) is 7.91. The zero-order chi connectivity index (χ0) is 22.1. The van der Waals surface area contributed by atoms with Gasteiger partial charge in [-0.05, 0) is 55.3 Å². The van der Waals surface area contributed by atoms with Crippen molar-refractivity contribution in [3.63, 3.8) is 0 Å². The molecule has 5 rings (SSSR count). The van der Waals surface area contributed by atoms with Gasteiger partial charge in [0.1, 0.15) is 11.5 Å². The molecule has 1 fully saturated rings. The molecule has 4 aromatic rings. The summed E-state index contributed by atoms with van der Waals surface area (Å²) in [6.45, 7) is 2.53. The van der Waals surface area contributed by atoms with Crippen LogP contribution in [-0.2, 0) is 22.9 Å². The summed E-state index contributed by atoms with van der Waals surface area (Å²) in [6, 6.07) is 19.3. The number of halogens is 1. The molecule has 0 N–H and O–H groups in total. The molecule has 3 heterocycles. The van der Waals surface area contributed by atoms with Crippen LogP contribution in [0.2, 0.25) is 0 Å². The number of hydrogen-bond donors (Lipinski definition) is 0. The van der Waals surface area contributed by atoms with E-state index in [4.69, 9.17) is 0 Å². The van der Waals surface area contributed by atoms with Crippen molar-refractivity contribution in [3.8, 4) is 0 Å². The van der Waals surface area contributed by atoms with Crippen LogP contribution in [0.1, 0.15) is 18.4 Å². The summed E-state index contributed by atoms with van der Waals surface area (Å²) in [5.74, 6) is -0.574. The Labute approximate surface area is 187 Å². The number of rotatable bonds is 6. The summed E-state index contributed by atoms with van der Waals surface area (Å²) in [7, 11) is -3.88. The maximum atomic E-state index is 13.7. The topological polar surface area (TPSA) is 55.2 Å². The number of fused-ring (bicyclic) bond motifs is 1. The van der Waals surface area contributed by atoms with Crippen LogP contribution >= 0.6 is 0 Å². The number of benzene rings is 2. The number of likely N-dealkylation sites (tertiary alicyclic amines) is 1. The summed E-state index contributed by atoms with van der Waals surface area (Å²) in [4.78, 5) is 7.05. The minimum Gasteiger partial charge on any atom is -0.330 e. The number of nitrogens with zero attached hydrogens (tertiary/aromatic N) is 3. The predicted octanol–water partition coefficient (Wildman–Crippen LogP) is 4.67. The van der Waals surface area contributed by atoms with E-state index in [1.165, 1.54) is 23.8 Å². The highest BCUT2D eigenvalue weighted by Gasteiger charge is 2.28. The third kappa shape index (κ3) is 3.94. The van der Waals surface area contributed by atoms with Crippen LogP contribution in [0.3, 0.4) is 0 Å². The first kappa shape index (κ1) is 20.8. The van der Waals surface area contributed by atoms with E-state index >= 15 is 0 Å². The average Bonchev–Trinajstić information content (AvgIpc) is 3.40. The molecule has 0 spiro atoms. The first-order valence-electron chi connectivity index (χ1n) is 10.7. The normalized spacial score (nSPS) is 17.2. The molecule has 1 atom stereocenters. The van der Waals surface area contributed by atoms with Gasteiger partial charge in [-0.1, -0.05) is 36.4 Å². The van der Waals surface area contributed by atoms with E-state index in [0.29, 0.717) is 17.6 Å². The molecule has 0 bridgehead atoms. The molecule has 0 saturated carbocycles. The van der Waals surface area contributed by atoms with Gasteiger partial charge in [-0.25, -0.2) is 17.8 Å². The lowest BCUT2D eigenvalue weighted by Crippen LogP contribution is -2.32. The molecule has 5 nitrogen and oxygen atoms in total. The third-order valence-electron chi connectivity index (χ3n) is 6.13. The highest BCUT2D eigenvalue weighted by molar-refractivity contribution is 7.91. The van der Waals surface area contributed by atoms with Crippen molar-refractivity contribution < 1.29 is 12.8 Å². The maximum Gasteiger partial charge on any atom is 0.208 e. The molecule has 0 amide bonds. The van der Waals surface area contributed by atoms with Gasteiger partial charge < -0.3 is 4.57 Å². The number of aromatic nitrogens is 2. The van der Waals surface area contributed by atoms with Crippen LogP contribution in [0.5, 0.6) is 0 Å².